The maximum absolute atomic E-state index is 16.0. The van der Waals surface area contributed by atoms with Crippen molar-refractivity contribution in [3.63, 3.8) is 0 Å². The predicted octanol–water partition coefficient (Wildman–Crippen LogP) is 12.1. The monoisotopic (exact) mass is 696 g/mol. The van der Waals surface area contributed by atoms with Gasteiger partial charge in [-0.05, 0) is 53.1 Å². The van der Waals surface area contributed by atoms with Gasteiger partial charge in [0.05, 0.1) is 22.8 Å². The van der Waals surface area contributed by atoms with Crippen molar-refractivity contribution >= 4 is 45.7 Å². The molecule has 0 saturated carbocycles. The van der Waals surface area contributed by atoms with Gasteiger partial charge in [-0.25, -0.2) is 4.98 Å². The Morgan fingerprint density at radius 3 is 1.53 bits per heavy atom. The van der Waals surface area contributed by atoms with E-state index in [0.717, 1.165) is 88.9 Å². The van der Waals surface area contributed by atoms with E-state index in [0.29, 0.717) is 0 Å². The molecule has 1 atom stereocenters. The van der Waals surface area contributed by atoms with E-state index < -0.39 is 7.14 Å². The molecule has 8 aromatic rings. The summed E-state index contributed by atoms with van der Waals surface area (Å²) in [6.45, 7) is 0. The first-order chi connectivity index (χ1) is 26.2. The summed E-state index contributed by atoms with van der Waals surface area (Å²) in [5.74, 6) is 0. The summed E-state index contributed by atoms with van der Waals surface area (Å²) in [4.78, 5) is 7.43. The molecule has 4 heteroatoms. The van der Waals surface area contributed by atoms with E-state index in [1.54, 1.807) is 0 Å². The van der Waals surface area contributed by atoms with Crippen LogP contribution in [0.4, 0.5) is 17.1 Å². The van der Waals surface area contributed by atoms with Gasteiger partial charge in [0.25, 0.3) is 0 Å². The summed E-state index contributed by atoms with van der Waals surface area (Å²) in [5.41, 5.74) is 13.5. The number of anilines is 3. The zero-order chi connectivity index (χ0) is 35.4. The molecule has 0 N–H and O–H groups in total. The van der Waals surface area contributed by atoms with Crippen molar-refractivity contribution in [2.45, 2.75) is 0 Å². The van der Waals surface area contributed by atoms with Crippen molar-refractivity contribution in [3.05, 3.63) is 217 Å². The first-order valence-corrected chi connectivity index (χ1v) is 19.6. The minimum absolute atomic E-state index is 0.852. The molecule has 2 aliphatic rings. The third-order valence-corrected chi connectivity index (χ3v) is 13.6. The molecule has 1 unspecified atom stereocenters. The number of rotatable bonds is 5. The topological polar surface area (TPSA) is 33.2 Å². The Labute approximate surface area is 309 Å². The number of pyridine rings is 1. The maximum Gasteiger partial charge on any atom is 0.172 e. The molecular weight excluding hydrogens is 664 g/mol. The molecule has 3 heterocycles. The molecule has 250 valence electrons. The number of aromatic nitrogens is 1. The zero-order valence-electron chi connectivity index (χ0n) is 28.8. The van der Waals surface area contributed by atoms with Crippen molar-refractivity contribution in [1.82, 2.24) is 4.98 Å². The lowest BCUT2D eigenvalue weighted by Crippen LogP contribution is -2.17. The minimum Gasteiger partial charge on any atom is -0.309 e. The van der Waals surface area contributed by atoms with Crippen LogP contribution >= 0.6 is 7.14 Å². The summed E-state index contributed by atoms with van der Waals surface area (Å²) in [7, 11) is -3.24. The summed E-state index contributed by atoms with van der Waals surface area (Å²) in [6, 6.07) is 69.2. The van der Waals surface area contributed by atoms with E-state index in [9.17, 15) is 0 Å². The van der Waals surface area contributed by atoms with Gasteiger partial charge in [-0.2, -0.15) is 0 Å². The molecule has 0 aliphatic carbocycles. The Balaban J connectivity index is 1.15. The lowest BCUT2D eigenvalue weighted by molar-refractivity contribution is 0.593. The lowest BCUT2D eigenvalue weighted by Gasteiger charge is -2.29. The molecular formula is C49H33N2OP. The van der Waals surface area contributed by atoms with Crippen molar-refractivity contribution in [2.75, 3.05) is 4.90 Å². The molecule has 0 fully saturated rings. The van der Waals surface area contributed by atoms with Crippen LogP contribution in [0.2, 0.25) is 0 Å². The fraction of sp³-hybridized carbons (Fsp3) is 0. The van der Waals surface area contributed by atoms with Gasteiger partial charge in [0.15, 0.2) is 7.14 Å². The average molecular weight is 697 g/mol. The van der Waals surface area contributed by atoms with Crippen molar-refractivity contribution in [1.29, 1.82) is 0 Å². The van der Waals surface area contributed by atoms with Crippen LogP contribution in [-0.4, -0.2) is 4.98 Å². The van der Waals surface area contributed by atoms with E-state index in [1.165, 1.54) is 0 Å². The smallest absolute Gasteiger partial charge is 0.172 e. The number of hydrogen-bond donors (Lipinski definition) is 0. The van der Waals surface area contributed by atoms with E-state index in [1.807, 2.05) is 48.5 Å². The lowest BCUT2D eigenvalue weighted by atomic mass is 9.95. The highest BCUT2D eigenvalue weighted by Crippen LogP contribution is 2.68. The van der Waals surface area contributed by atoms with E-state index in [-0.39, 0.29) is 0 Å². The SMILES string of the molecule is O=P1(c2ccccc2)C2=C(c3ccccc3N(c3ccc(-c4cc(-c5ccccc5)nc(-c5ccccc5)c4)cc3)c3ccccc32)c2ccccc21. The molecule has 0 bridgehead atoms. The van der Waals surface area contributed by atoms with Crippen LogP contribution in [0, 0.1) is 0 Å². The highest BCUT2D eigenvalue weighted by molar-refractivity contribution is 7.88. The molecule has 0 saturated heterocycles. The highest BCUT2D eigenvalue weighted by Gasteiger charge is 2.46. The van der Waals surface area contributed by atoms with Crippen LogP contribution in [0.15, 0.2) is 200 Å². The summed E-state index contributed by atoms with van der Waals surface area (Å²) < 4.78 is 16.0. The fourth-order valence-corrected chi connectivity index (χ4v) is 11.3. The van der Waals surface area contributed by atoms with Gasteiger partial charge in [0.2, 0.25) is 0 Å². The summed E-state index contributed by atoms with van der Waals surface area (Å²) in [6.07, 6.45) is 0. The Hall–Kier alpha value is -6.54. The second-order valence-corrected chi connectivity index (χ2v) is 16.1. The standard InChI is InChI=1S/C49H33N2OP/c52-53(39-20-8-3-9-21-39)47-27-15-12-24-42(47)48-40-22-10-13-25-45(40)51(46-26-14-11-23-41(46)49(48)53)38-30-28-34(29-31-38)37-32-43(35-16-4-1-5-17-35)50-44(33-37)36-18-6-2-7-19-36/h1-33H. The highest BCUT2D eigenvalue weighted by atomic mass is 31.2. The molecule has 7 aromatic carbocycles. The Bertz CT molecular complexity index is 2680. The number of nitrogens with zero attached hydrogens (tertiary/aromatic N) is 2. The molecule has 0 amide bonds. The number of hydrogen-bond acceptors (Lipinski definition) is 3. The van der Waals surface area contributed by atoms with Crippen LogP contribution in [0.5, 0.6) is 0 Å². The molecule has 1 aromatic heterocycles. The fourth-order valence-electron chi connectivity index (χ4n) is 8.02. The summed E-state index contributed by atoms with van der Waals surface area (Å²) >= 11 is 0. The number of fused-ring (bicyclic) bond motifs is 6. The second kappa shape index (κ2) is 12.6. The van der Waals surface area contributed by atoms with Gasteiger partial charge in [-0.3, -0.25) is 0 Å². The van der Waals surface area contributed by atoms with Gasteiger partial charge in [0.1, 0.15) is 0 Å². The predicted molar refractivity (Wildman–Crippen MR) is 221 cm³/mol. The van der Waals surface area contributed by atoms with E-state index in [4.69, 9.17) is 4.98 Å². The van der Waals surface area contributed by atoms with Crippen LogP contribution < -0.4 is 15.5 Å². The third-order valence-electron chi connectivity index (χ3n) is 10.4. The molecule has 3 nitrogen and oxygen atoms in total. The first kappa shape index (κ1) is 31.2. The Morgan fingerprint density at radius 2 is 0.906 bits per heavy atom. The molecule has 53 heavy (non-hydrogen) atoms. The van der Waals surface area contributed by atoms with Crippen LogP contribution in [0.1, 0.15) is 16.7 Å². The van der Waals surface area contributed by atoms with Gasteiger partial charge in [-0.1, -0.05) is 164 Å². The largest absolute Gasteiger partial charge is 0.309 e. The Morgan fingerprint density at radius 1 is 0.415 bits per heavy atom. The van der Waals surface area contributed by atoms with Gasteiger partial charge >= 0.3 is 0 Å². The molecule has 0 spiro atoms. The normalized spacial score (nSPS) is 15.6. The van der Waals surface area contributed by atoms with Gasteiger partial charge < -0.3 is 9.46 Å². The van der Waals surface area contributed by atoms with Crippen LogP contribution in [-0.2, 0) is 4.57 Å². The van der Waals surface area contributed by atoms with Crippen LogP contribution in [0.25, 0.3) is 44.5 Å². The number of benzene rings is 7. The number of para-hydroxylation sites is 2. The molecule has 10 rings (SSSR count). The first-order valence-electron chi connectivity index (χ1n) is 17.9. The molecule has 2 aliphatic heterocycles. The average Bonchev–Trinajstić information content (AvgIpc) is 3.43. The van der Waals surface area contributed by atoms with Gasteiger partial charge in [-0.15, -0.1) is 0 Å². The quantitative estimate of drug-likeness (QED) is 0.168. The maximum atomic E-state index is 16.0. The second-order valence-electron chi connectivity index (χ2n) is 13.5. The summed E-state index contributed by atoms with van der Waals surface area (Å²) in [5, 5.41) is 2.66. The van der Waals surface area contributed by atoms with E-state index in [2.05, 4.69) is 157 Å². The molecule has 0 radical (unpaired) electrons. The van der Waals surface area contributed by atoms with Gasteiger partial charge in [0, 0.05) is 49.4 Å². The third kappa shape index (κ3) is 5.04. The Kier molecular flexibility index (Phi) is 7.42. The minimum atomic E-state index is -3.24. The van der Waals surface area contributed by atoms with E-state index >= 15 is 4.57 Å². The van der Waals surface area contributed by atoms with Crippen LogP contribution in [0.3, 0.4) is 0 Å². The zero-order valence-corrected chi connectivity index (χ0v) is 29.7. The van der Waals surface area contributed by atoms with Crippen molar-refractivity contribution in [2.24, 2.45) is 0 Å². The van der Waals surface area contributed by atoms with Crippen molar-refractivity contribution in [3.8, 4) is 33.6 Å². The van der Waals surface area contributed by atoms with Crippen molar-refractivity contribution < 1.29 is 4.57 Å².